The number of nitrogens with zero attached hydrogens (tertiary/aromatic N) is 1. The number of nitrogens with one attached hydrogen (secondary N) is 1. The molecular formula is C19H21ClN2O5S. The first kappa shape index (κ1) is 21.7. The highest BCUT2D eigenvalue weighted by atomic mass is 35.5. The van der Waals surface area contributed by atoms with E-state index in [0.29, 0.717) is 46.7 Å². The molecule has 2 aromatic rings. The molecule has 0 heterocycles. The van der Waals surface area contributed by atoms with Crippen LogP contribution in [0.2, 0.25) is 5.02 Å². The molecule has 7 nitrogen and oxygen atoms in total. The summed E-state index contributed by atoms with van der Waals surface area (Å²) in [5.74, 6) is -0.0475. The highest BCUT2D eigenvalue weighted by molar-refractivity contribution is 7.82. The number of benzene rings is 2. The fourth-order valence-corrected chi connectivity index (χ4v) is 2.79. The number of anilines is 2. The molecule has 0 aromatic heterocycles. The summed E-state index contributed by atoms with van der Waals surface area (Å²) in [6.07, 6.45) is -0.0958. The maximum absolute atomic E-state index is 12.6. The maximum Gasteiger partial charge on any atom is 0.336 e. The molecule has 0 saturated heterocycles. The van der Waals surface area contributed by atoms with Crippen molar-refractivity contribution in [3.05, 3.63) is 47.0 Å². The SMILES string of the molecule is CCOc1cc(OCC)c(NC(=O)N(S)c2ccc(CC(=O)O)cc2)cc1Cl. The van der Waals surface area contributed by atoms with Crippen LogP contribution in [0, 0.1) is 0 Å². The van der Waals surface area contributed by atoms with Gasteiger partial charge < -0.3 is 19.9 Å². The summed E-state index contributed by atoms with van der Waals surface area (Å²) in [5, 5.41) is 11.9. The van der Waals surface area contributed by atoms with Crippen molar-refractivity contribution in [1.29, 1.82) is 0 Å². The largest absolute Gasteiger partial charge is 0.492 e. The van der Waals surface area contributed by atoms with E-state index in [9.17, 15) is 9.59 Å². The van der Waals surface area contributed by atoms with E-state index in [0.717, 1.165) is 4.31 Å². The maximum atomic E-state index is 12.6. The predicted octanol–water partition coefficient (Wildman–Crippen LogP) is 4.65. The number of urea groups is 1. The number of ether oxygens (including phenoxy) is 2. The van der Waals surface area contributed by atoms with Gasteiger partial charge in [-0.2, -0.15) is 0 Å². The highest BCUT2D eigenvalue weighted by Crippen LogP contribution is 2.36. The molecule has 0 spiro atoms. The number of carbonyl (C=O) groups is 2. The lowest BCUT2D eigenvalue weighted by Gasteiger charge is -2.19. The Morgan fingerprint density at radius 3 is 2.29 bits per heavy atom. The number of hydrogen-bond acceptors (Lipinski definition) is 5. The van der Waals surface area contributed by atoms with Gasteiger partial charge >= 0.3 is 12.0 Å². The molecule has 0 saturated carbocycles. The number of hydrogen-bond donors (Lipinski definition) is 3. The van der Waals surface area contributed by atoms with E-state index in [1.165, 1.54) is 0 Å². The first-order valence-corrected chi connectivity index (χ1v) is 9.33. The van der Waals surface area contributed by atoms with Gasteiger partial charge in [-0.3, -0.25) is 4.79 Å². The van der Waals surface area contributed by atoms with Gasteiger partial charge in [0.25, 0.3) is 0 Å². The molecule has 2 amide bonds. The smallest absolute Gasteiger partial charge is 0.336 e. The van der Waals surface area contributed by atoms with Gasteiger partial charge in [-0.25, -0.2) is 9.10 Å². The molecule has 0 unspecified atom stereocenters. The first-order chi connectivity index (χ1) is 13.3. The molecule has 0 aliphatic rings. The Labute approximate surface area is 173 Å². The van der Waals surface area contributed by atoms with E-state index >= 15 is 0 Å². The van der Waals surface area contributed by atoms with E-state index < -0.39 is 12.0 Å². The monoisotopic (exact) mass is 424 g/mol. The number of halogens is 1. The van der Waals surface area contributed by atoms with Crippen LogP contribution in [0.5, 0.6) is 11.5 Å². The van der Waals surface area contributed by atoms with Gasteiger partial charge in [0.05, 0.1) is 36.0 Å². The van der Waals surface area contributed by atoms with Gasteiger partial charge in [0, 0.05) is 6.07 Å². The number of amides is 2. The topological polar surface area (TPSA) is 88.1 Å². The third kappa shape index (κ3) is 5.71. The van der Waals surface area contributed by atoms with Crippen molar-refractivity contribution in [3.8, 4) is 11.5 Å². The molecule has 28 heavy (non-hydrogen) atoms. The van der Waals surface area contributed by atoms with Crippen molar-refractivity contribution in [2.24, 2.45) is 0 Å². The molecule has 0 fully saturated rings. The van der Waals surface area contributed by atoms with Gasteiger partial charge in [0.15, 0.2) is 0 Å². The van der Waals surface area contributed by atoms with Crippen LogP contribution in [0.3, 0.4) is 0 Å². The molecule has 0 atom stereocenters. The Kier molecular flexibility index (Phi) is 7.83. The number of rotatable bonds is 8. The van der Waals surface area contributed by atoms with Crippen molar-refractivity contribution in [3.63, 3.8) is 0 Å². The zero-order valence-electron chi connectivity index (χ0n) is 15.4. The normalized spacial score (nSPS) is 10.3. The van der Waals surface area contributed by atoms with Gasteiger partial charge in [0.2, 0.25) is 0 Å². The second-order valence-electron chi connectivity index (χ2n) is 5.62. The summed E-state index contributed by atoms with van der Waals surface area (Å²) in [4.78, 5) is 23.3. The molecule has 2 N–H and O–H groups in total. The van der Waals surface area contributed by atoms with Gasteiger partial charge in [-0.1, -0.05) is 36.5 Å². The zero-order valence-corrected chi connectivity index (χ0v) is 17.1. The molecule has 0 aliphatic heterocycles. The van der Waals surface area contributed by atoms with Gasteiger partial charge in [-0.15, -0.1) is 0 Å². The van der Waals surface area contributed by atoms with Crippen LogP contribution in [0.15, 0.2) is 36.4 Å². The molecular weight excluding hydrogens is 404 g/mol. The number of carbonyl (C=O) groups excluding carboxylic acids is 1. The summed E-state index contributed by atoms with van der Waals surface area (Å²) >= 11 is 10.4. The Balaban J connectivity index is 2.18. The van der Waals surface area contributed by atoms with Crippen molar-refractivity contribution in [1.82, 2.24) is 0 Å². The van der Waals surface area contributed by atoms with Gasteiger partial charge in [0.1, 0.15) is 11.5 Å². The predicted molar refractivity (Wildman–Crippen MR) is 112 cm³/mol. The summed E-state index contributed by atoms with van der Waals surface area (Å²) < 4.78 is 12.1. The third-order valence-corrected chi connectivity index (χ3v) is 4.31. The summed E-state index contributed by atoms with van der Waals surface area (Å²) in [6.45, 7) is 4.50. The highest BCUT2D eigenvalue weighted by Gasteiger charge is 2.17. The van der Waals surface area contributed by atoms with E-state index in [1.54, 1.807) is 36.4 Å². The molecule has 9 heteroatoms. The number of carboxylic acid groups (broad SMARTS) is 1. The molecule has 2 rings (SSSR count). The van der Waals surface area contributed by atoms with Crippen LogP contribution in [-0.4, -0.2) is 30.3 Å². The van der Waals surface area contributed by atoms with Crippen molar-refractivity contribution >= 4 is 47.8 Å². The summed E-state index contributed by atoms with van der Waals surface area (Å²) in [6, 6.07) is 9.11. The minimum absolute atomic E-state index is 0.0958. The van der Waals surface area contributed by atoms with Crippen LogP contribution in [0.1, 0.15) is 19.4 Å². The molecule has 2 aromatic carbocycles. The number of thiol groups is 1. The summed E-state index contributed by atoms with van der Waals surface area (Å²) in [5.41, 5.74) is 1.47. The van der Waals surface area contributed by atoms with E-state index in [2.05, 4.69) is 18.1 Å². The van der Waals surface area contributed by atoms with Crippen molar-refractivity contribution in [2.45, 2.75) is 20.3 Å². The Hall–Kier alpha value is -2.58. The Bertz CT molecular complexity index is 845. The lowest BCUT2D eigenvalue weighted by molar-refractivity contribution is -0.136. The van der Waals surface area contributed by atoms with Crippen LogP contribution >= 0.6 is 24.4 Å². The molecule has 0 aliphatic carbocycles. The Morgan fingerprint density at radius 1 is 1.11 bits per heavy atom. The number of carboxylic acids is 1. The second-order valence-corrected chi connectivity index (χ2v) is 6.43. The first-order valence-electron chi connectivity index (χ1n) is 8.55. The summed E-state index contributed by atoms with van der Waals surface area (Å²) in [7, 11) is 0. The minimum atomic E-state index is -0.927. The average molecular weight is 425 g/mol. The minimum Gasteiger partial charge on any atom is -0.492 e. The van der Waals surface area contributed by atoms with E-state index in [1.807, 2.05) is 13.8 Å². The standard InChI is InChI=1S/C19H21ClN2O5S/c1-3-26-16-11-17(27-4-2)15(10-14(16)20)21-19(25)22(28)13-7-5-12(6-8-13)9-18(23)24/h5-8,10-11,28H,3-4,9H2,1-2H3,(H,21,25)(H,23,24). The van der Waals surface area contributed by atoms with E-state index in [-0.39, 0.29) is 6.42 Å². The van der Waals surface area contributed by atoms with Crippen LogP contribution in [0.25, 0.3) is 0 Å². The second kappa shape index (κ2) is 10.1. The van der Waals surface area contributed by atoms with E-state index in [4.69, 9.17) is 26.2 Å². The fraction of sp³-hybridized carbons (Fsp3) is 0.263. The lowest BCUT2D eigenvalue weighted by Crippen LogP contribution is -2.27. The average Bonchev–Trinajstić information content (AvgIpc) is 2.65. The Morgan fingerprint density at radius 2 is 1.71 bits per heavy atom. The molecule has 150 valence electrons. The lowest BCUT2D eigenvalue weighted by atomic mass is 10.1. The number of aliphatic carboxylic acids is 1. The van der Waals surface area contributed by atoms with Crippen molar-refractivity contribution in [2.75, 3.05) is 22.8 Å². The quantitative estimate of drug-likeness (QED) is 0.537. The molecule has 0 bridgehead atoms. The zero-order chi connectivity index (χ0) is 20.7. The van der Waals surface area contributed by atoms with Gasteiger partial charge in [-0.05, 0) is 37.6 Å². The third-order valence-electron chi connectivity index (χ3n) is 3.60. The van der Waals surface area contributed by atoms with Crippen LogP contribution in [-0.2, 0) is 11.2 Å². The fourth-order valence-electron chi connectivity index (χ4n) is 2.39. The van der Waals surface area contributed by atoms with Crippen molar-refractivity contribution < 1.29 is 24.2 Å². The molecule has 0 radical (unpaired) electrons. The van der Waals surface area contributed by atoms with Crippen LogP contribution in [0.4, 0.5) is 16.2 Å². The van der Waals surface area contributed by atoms with Crippen LogP contribution < -0.4 is 19.1 Å².